The Bertz CT molecular complexity index is 1010. The van der Waals surface area contributed by atoms with Crippen LogP contribution in [0.4, 0.5) is 5.69 Å². The van der Waals surface area contributed by atoms with Gasteiger partial charge in [0, 0.05) is 35.8 Å². The lowest BCUT2D eigenvalue weighted by atomic mass is 10.2. The number of hydrogen-bond donors (Lipinski definition) is 2. The minimum Gasteiger partial charge on any atom is -0.348 e. The van der Waals surface area contributed by atoms with Gasteiger partial charge in [-0.1, -0.05) is 0 Å². The van der Waals surface area contributed by atoms with Gasteiger partial charge in [-0.15, -0.1) is 11.3 Å². The molecule has 3 aromatic rings. The third-order valence-electron chi connectivity index (χ3n) is 4.07. The molecule has 3 heterocycles. The molecule has 1 aliphatic rings. The van der Waals surface area contributed by atoms with Crippen LogP contribution in [0.15, 0.2) is 43.0 Å². The number of nitrogens with one attached hydrogen (secondary N) is 2. The Morgan fingerprint density at radius 1 is 1.11 bits per heavy atom. The van der Waals surface area contributed by atoms with E-state index in [4.69, 9.17) is 0 Å². The van der Waals surface area contributed by atoms with Gasteiger partial charge < -0.3 is 10.6 Å². The van der Waals surface area contributed by atoms with Gasteiger partial charge in [0.25, 0.3) is 11.8 Å². The summed E-state index contributed by atoms with van der Waals surface area (Å²) in [7, 11) is 0. The minimum atomic E-state index is -0.322. The van der Waals surface area contributed by atoms with Gasteiger partial charge in [-0.2, -0.15) is 0 Å². The van der Waals surface area contributed by atoms with Crippen LogP contribution in [-0.4, -0.2) is 32.8 Å². The predicted octanol–water partition coefficient (Wildman–Crippen LogP) is 3.05. The topological polar surface area (TPSA) is 96.9 Å². The van der Waals surface area contributed by atoms with Crippen LogP contribution < -0.4 is 10.6 Å². The van der Waals surface area contributed by atoms with E-state index < -0.39 is 0 Å². The molecule has 2 amide bonds. The fraction of sp³-hybridized carbons (Fsp3) is 0.211. The fourth-order valence-corrected chi connectivity index (χ4v) is 3.28. The lowest BCUT2D eigenvalue weighted by Crippen LogP contribution is -2.26. The quantitative estimate of drug-likeness (QED) is 0.710. The van der Waals surface area contributed by atoms with Crippen molar-refractivity contribution in [3.63, 3.8) is 0 Å². The number of pyridine rings is 2. The maximum Gasteiger partial charge on any atom is 0.270 e. The molecule has 27 heavy (non-hydrogen) atoms. The normalized spacial score (nSPS) is 13.2. The lowest BCUT2D eigenvalue weighted by molar-refractivity contribution is 0.0946. The van der Waals surface area contributed by atoms with Crippen molar-refractivity contribution in [2.45, 2.75) is 25.8 Å². The smallest absolute Gasteiger partial charge is 0.270 e. The molecule has 0 bridgehead atoms. The first kappa shape index (κ1) is 17.3. The van der Waals surface area contributed by atoms with E-state index in [9.17, 15) is 9.59 Å². The van der Waals surface area contributed by atoms with E-state index in [0.29, 0.717) is 11.3 Å². The second kappa shape index (κ2) is 7.24. The molecule has 1 aliphatic carbocycles. The molecule has 8 heteroatoms. The highest BCUT2D eigenvalue weighted by Crippen LogP contribution is 2.27. The van der Waals surface area contributed by atoms with E-state index in [-0.39, 0.29) is 23.6 Å². The molecule has 0 atom stereocenters. The molecule has 1 fully saturated rings. The van der Waals surface area contributed by atoms with Gasteiger partial charge in [-0.05, 0) is 38.0 Å². The first-order valence-electron chi connectivity index (χ1n) is 8.54. The Balaban J connectivity index is 1.50. The van der Waals surface area contributed by atoms with E-state index in [2.05, 4.69) is 25.6 Å². The predicted molar refractivity (Wildman–Crippen MR) is 103 cm³/mol. The molecule has 3 aromatic heterocycles. The number of amides is 2. The van der Waals surface area contributed by atoms with Crippen molar-refractivity contribution in [1.82, 2.24) is 20.3 Å². The summed E-state index contributed by atoms with van der Waals surface area (Å²) >= 11 is 1.56. The highest BCUT2D eigenvalue weighted by atomic mass is 32.1. The van der Waals surface area contributed by atoms with Crippen LogP contribution in [0.5, 0.6) is 0 Å². The molecule has 0 spiro atoms. The molecule has 0 aromatic carbocycles. The zero-order chi connectivity index (χ0) is 18.8. The fourth-order valence-electron chi connectivity index (χ4n) is 2.52. The number of rotatable bonds is 5. The number of carbonyl (C=O) groups excluding carboxylic acids is 2. The lowest BCUT2D eigenvalue weighted by Gasteiger charge is -2.08. The molecule has 4 rings (SSSR count). The maximum atomic E-state index is 12.6. The van der Waals surface area contributed by atoms with Crippen molar-refractivity contribution >= 4 is 28.8 Å². The third kappa shape index (κ3) is 4.17. The highest BCUT2D eigenvalue weighted by Gasteiger charge is 2.24. The standard InChI is InChI=1S/C19H17N5O2S/c1-11-22-10-17(27-11)13-6-15(9-20-8-13)24-18(25)12-4-5-21-16(7-12)19(26)23-14-2-3-14/h4-10,14H,2-3H2,1H3,(H,23,26)(H,24,25). The second-order valence-electron chi connectivity index (χ2n) is 6.34. The van der Waals surface area contributed by atoms with E-state index in [1.807, 2.05) is 13.0 Å². The number of hydrogen-bond acceptors (Lipinski definition) is 6. The van der Waals surface area contributed by atoms with Gasteiger partial charge >= 0.3 is 0 Å². The Hall–Kier alpha value is -3.13. The summed E-state index contributed by atoms with van der Waals surface area (Å²) < 4.78 is 0. The summed E-state index contributed by atoms with van der Waals surface area (Å²) in [5.41, 5.74) is 2.06. The monoisotopic (exact) mass is 379 g/mol. The van der Waals surface area contributed by atoms with Crippen LogP contribution in [0, 0.1) is 6.92 Å². The molecule has 136 valence electrons. The van der Waals surface area contributed by atoms with E-state index >= 15 is 0 Å². The van der Waals surface area contributed by atoms with Crippen molar-refractivity contribution in [2.24, 2.45) is 0 Å². The summed E-state index contributed by atoms with van der Waals surface area (Å²) in [5, 5.41) is 6.65. The number of nitrogens with zero attached hydrogens (tertiary/aromatic N) is 3. The zero-order valence-corrected chi connectivity index (χ0v) is 15.4. The minimum absolute atomic E-state index is 0.237. The Morgan fingerprint density at radius 3 is 2.70 bits per heavy atom. The largest absolute Gasteiger partial charge is 0.348 e. The number of carbonyl (C=O) groups is 2. The summed E-state index contributed by atoms with van der Waals surface area (Å²) in [6.07, 6.45) is 8.55. The molecule has 2 N–H and O–H groups in total. The van der Waals surface area contributed by atoms with Crippen LogP contribution in [-0.2, 0) is 0 Å². The number of anilines is 1. The van der Waals surface area contributed by atoms with Crippen molar-refractivity contribution in [3.05, 3.63) is 59.3 Å². The van der Waals surface area contributed by atoms with Gasteiger partial charge in [-0.3, -0.25) is 19.6 Å². The van der Waals surface area contributed by atoms with Crippen molar-refractivity contribution in [2.75, 3.05) is 5.32 Å². The Labute approximate surface area is 159 Å². The average Bonchev–Trinajstić information content (AvgIpc) is 3.39. The van der Waals surface area contributed by atoms with Crippen LogP contribution >= 0.6 is 11.3 Å². The van der Waals surface area contributed by atoms with Gasteiger partial charge in [0.1, 0.15) is 5.69 Å². The van der Waals surface area contributed by atoms with Gasteiger partial charge in [-0.25, -0.2) is 4.98 Å². The second-order valence-corrected chi connectivity index (χ2v) is 7.57. The number of aromatic nitrogens is 3. The molecule has 1 saturated carbocycles. The van der Waals surface area contributed by atoms with Crippen LogP contribution in [0.3, 0.4) is 0 Å². The zero-order valence-electron chi connectivity index (χ0n) is 14.6. The van der Waals surface area contributed by atoms with E-state index in [1.165, 1.54) is 12.3 Å². The molecular formula is C19H17N5O2S. The molecule has 0 saturated heterocycles. The SMILES string of the molecule is Cc1ncc(-c2cncc(NC(=O)c3ccnc(C(=O)NC4CC4)c3)c2)s1. The summed E-state index contributed by atoms with van der Waals surface area (Å²) in [6.45, 7) is 1.94. The van der Waals surface area contributed by atoms with Crippen LogP contribution in [0.1, 0.15) is 38.7 Å². The summed E-state index contributed by atoms with van der Waals surface area (Å²) in [4.78, 5) is 38.2. The Kier molecular flexibility index (Phi) is 4.64. The third-order valence-corrected chi connectivity index (χ3v) is 5.03. The first-order chi connectivity index (χ1) is 13.1. The molecule has 0 aliphatic heterocycles. The maximum absolute atomic E-state index is 12.6. The first-order valence-corrected chi connectivity index (χ1v) is 9.36. The Morgan fingerprint density at radius 2 is 1.96 bits per heavy atom. The van der Waals surface area contributed by atoms with E-state index in [1.54, 1.807) is 36.0 Å². The van der Waals surface area contributed by atoms with Crippen molar-refractivity contribution in [3.8, 4) is 10.4 Å². The van der Waals surface area contributed by atoms with Crippen LogP contribution in [0.25, 0.3) is 10.4 Å². The average molecular weight is 379 g/mol. The number of thiazole rings is 1. The molecule has 7 nitrogen and oxygen atoms in total. The molecule has 0 unspecified atom stereocenters. The van der Waals surface area contributed by atoms with Gasteiger partial charge in [0.15, 0.2) is 0 Å². The summed E-state index contributed by atoms with van der Waals surface area (Å²) in [6, 6.07) is 5.16. The highest BCUT2D eigenvalue weighted by molar-refractivity contribution is 7.15. The van der Waals surface area contributed by atoms with Crippen molar-refractivity contribution in [1.29, 1.82) is 0 Å². The van der Waals surface area contributed by atoms with Crippen molar-refractivity contribution < 1.29 is 9.59 Å². The van der Waals surface area contributed by atoms with E-state index in [0.717, 1.165) is 28.3 Å². The molecular weight excluding hydrogens is 362 g/mol. The summed E-state index contributed by atoms with van der Waals surface area (Å²) in [5.74, 6) is -0.575. The number of aryl methyl sites for hydroxylation is 1. The van der Waals surface area contributed by atoms with Crippen LogP contribution in [0.2, 0.25) is 0 Å². The van der Waals surface area contributed by atoms with Gasteiger partial charge in [0.05, 0.1) is 21.8 Å². The van der Waals surface area contributed by atoms with Gasteiger partial charge in [0.2, 0.25) is 0 Å². The molecule has 0 radical (unpaired) electrons.